The Balaban J connectivity index is 5.08. The first kappa shape index (κ1) is 87.1. The highest BCUT2D eigenvalue weighted by molar-refractivity contribution is 7.47. The molecule has 0 aliphatic rings. The van der Waals surface area contributed by atoms with Gasteiger partial charge >= 0.3 is 39.5 Å². The summed E-state index contributed by atoms with van der Waals surface area (Å²) < 4.78 is 68.0. The summed E-state index contributed by atoms with van der Waals surface area (Å²) >= 11 is 0. The highest BCUT2D eigenvalue weighted by Crippen LogP contribution is 2.45. The topological polar surface area (TPSA) is 237 Å². The van der Waals surface area contributed by atoms with E-state index in [1.165, 1.54) is 173 Å². The Morgan fingerprint density at radius 2 is 0.449 bits per heavy atom. The molecule has 0 amide bonds. The largest absolute Gasteiger partial charge is 0.472 e. The number of phosphoric ester groups is 2. The van der Waals surface area contributed by atoms with Crippen LogP contribution in [0.3, 0.4) is 0 Å². The molecule has 5 atom stereocenters. The fourth-order valence-corrected chi connectivity index (χ4v) is 12.3. The van der Waals surface area contributed by atoms with E-state index >= 15 is 0 Å². The van der Waals surface area contributed by atoms with Crippen LogP contribution in [0.1, 0.15) is 368 Å². The molecule has 0 spiro atoms. The smallest absolute Gasteiger partial charge is 0.462 e. The standard InChI is InChI=1S/C70H136O17P2/c1-5-9-13-17-21-23-25-27-28-29-30-31-32-33-34-35-37-39-41-45-49-53-57-70(75)87-66(61-81-68(73)55-51-47-44-40-38-36-26-24-22-18-14-10-6-2)63-85-89(78,79)83-59-64(71)58-82-88(76,77)84-62-65(86-69(74)56-52-48-43-20-16-12-8-4)60-80-67(72)54-50-46-42-19-15-11-7-3/h64-66,71H,5-63H2,1-4H3,(H,76,77)(H,78,79)/t64-,65+,66+/m0/s1. The Morgan fingerprint density at radius 3 is 0.663 bits per heavy atom. The van der Waals surface area contributed by atoms with Crippen LogP contribution in [0.15, 0.2) is 0 Å². The predicted molar refractivity (Wildman–Crippen MR) is 359 cm³/mol. The van der Waals surface area contributed by atoms with Crippen LogP contribution in [-0.4, -0.2) is 96.7 Å². The zero-order chi connectivity index (χ0) is 65.4. The molecule has 0 heterocycles. The highest BCUT2D eigenvalue weighted by Gasteiger charge is 2.30. The van der Waals surface area contributed by atoms with Gasteiger partial charge in [-0.1, -0.05) is 317 Å². The van der Waals surface area contributed by atoms with E-state index < -0.39 is 97.5 Å². The zero-order valence-electron chi connectivity index (χ0n) is 57.4. The van der Waals surface area contributed by atoms with Crippen LogP contribution in [0.4, 0.5) is 0 Å². The first-order valence-electron chi connectivity index (χ1n) is 36.8. The summed E-state index contributed by atoms with van der Waals surface area (Å²) in [5.41, 5.74) is 0. The summed E-state index contributed by atoms with van der Waals surface area (Å²) in [6.07, 6.45) is 53.2. The van der Waals surface area contributed by atoms with Crippen molar-refractivity contribution in [1.29, 1.82) is 0 Å². The minimum atomic E-state index is -4.95. The third-order valence-corrected chi connectivity index (χ3v) is 18.3. The van der Waals surface area contributed by atoms with Gasteiger partial charge in [0.25, 0.3) is 0 Å². The Kier molecular flexibility index (Phi) is 63.3. The molecular weight excluding hydrogens is 1170 g/mol. The van der Waals surface area contributed by atoms with Crippen molar-refractivity contribution < 1.29 is 80.2 Å². The number of hydrogen-bond donors (Lipinski definition) is 3. The van der Waals surface area contributed by atoms with Crippen molar-refractivity contribution in [2.24, 2.45) is 0 Å². The Bertz CT molecular complexity index is 1710. The molecule has 0 radical (unpaired) electrons. The second-order valence-corrected chi connectivity index (χ2v) is 28.2. The van der Waals surface area contributed by atoms with Crippen LogP contribution >= 0.6 is 15.6 Å². The van der Waals surface area contributed by atoms with Gasteiger partial charge in [0, 0.05) is 25.7 Å². The number of carbonyl (C=O) groups is 4. The van der Waals surface area contributed by atoms with E-state index in [-0.39, 0.29) is 25.7 Å². The van der Waals surface area contributed by atoms with Crippen LogP contribution in [0.25, 0.3) is 0 Å². The van der Waals surface area contributed by atoms with Crippen LogP contribution in [0, 0.1) is 0 Å². The van der Waals surface area contributed by atoms with Gasteiger partial charge in [-0.15, -0.1) is 0 Å². The molecule has 19 heteroatoms. The molecule has 17 nitrogen and oxygen atoms in total. The van der Waals surface area contributed by atoms with Gasteiger partial charge in [-0.05, 0) is 25.7 Å². The zero-order valence-corrected chi connectivity index (χ0v) is 59.2. The summed E-state index contributed by atoms with van der Waals surface area (Å²) in [5.74, 6) is -2.13. The van der Waals surface area contributed by atoms with Crippen molar-refractivity contribution in [3.05, 3.63) is 0 Å². The van der Waals surface area contributed by atoms with E-state index in [0.29, 0.717) is 25.7 Å². The van der Waals surface area contributed by atoms with Crippen LogP contribution in [-0.2, 0) is 65.4 Å². The molecule has 0 aromatic rings. The fourth-order valence-electron chi connectivity index (χ4n) is 10.7. The minimum Gasteiger partial charge on any atom is -0.462 e. The average molecular weight is 1310 g/mol. The number of phosphoric acid groups is 2. The minimum absolute atomic E-state index is 0.104. The molecule has 528 valence electrons. The van der Waals surface area contributed by atoms with Gasteiger partial charge in [0.05, 0.1) is 26.4 Å². The maximum atomic E-state index is 13.0. The van der Waals surface area contributed by atoms with E-state index in [4.69, 9.17) is 37.0 Å². The van der Waals surface area contributed by atoms with Gasteiger partial charge in [0.2, 0.25) is 0 Å². The lowest BCUT2D eigenvalue weighted by atomic mass is 10.0. The summed E-state index contributed by atoms with van der Waals surface area (Å²) in [6.45, 7) is 4.85. The highest BCUT2D eigenvalue weighted by atomic mass is 31.2. The molecule has 0 saturated carbocycles. The average Bonchev–Trinajstić information content (AvgIpc) is 3.66. The molecule has 2 unspecified atom stereocenters. The van der Waals surface area contributed by atoms with Crippen LogP contribution in [0.2, 0.25) is 0 Å². The SMILES string of the molecule is CCCCCCCCCCCCCCCCCCCCCCCCC(=O)O[C@H](COC(=O)CCCCCCCCCCCCCCC)COP(=O)(O)OC[C@@H](O)COP(=O)(O)OC[C@@H](COC(=O)CCCCCCCCC)OC(=O)CCCCCCCCC. The van der Waals surface area contributed by atoms with Gasteiger partial charge in [-0.3, -0.25) is 37.3 Å². The fraction of sp³-hybridized carbons (Fsp3) is 0.943. The molecule has 0 saturated heterocycles. The van der Waals surface area contributed by atoms with Crippen molar-refractivity contribution in [1.82, 2.24) is 0 Å². The molecule has 0 aliphatic heterocycles. The number of aliphatic hydroxyl groups is 1. The Labute approximate surface area is 543 Å². The van der Waals surface area contributed by atoms with Crippen molar-refractivity contribution in [3.8, 4) is 0 Å². The summed E-state index contributed by atoms with van der Waals surface area (Å²) in [7, 11) is -9.88. The maximum Gasteiger partial charge on any atom is 0.472 e. The van der Waals surface area contributed by atoms with Gasteiger partial charge in [-0.2, -0.15) is 0 Å². The van der Waals surface area contributed by atoms with E-state index in [0.717, 1.165) is 116 Å². The summed E-state index contributed by atoms with van der Waals surface area (Å²) in [6, 6.07) is 0. The van der Waals surface area contributed by atoms with Gasteiger partial charge in [0.1, 0.15) is 19.3 Å². The number of rotatable bonds is 71. The third-order valence-electron chi connectivity index (χ3n) is 16.4. The summed E-state index contributed by atoms with van der Waals surface area (Å²) in [4.78, 5) is 72.2. The van der Waals surface area contributed by atoms with Crippen LogP contribution < -0.4 is 0 Å². The van der Waals surface area contributed by atoms with Crippen molar-refractivity contribution in [3.63, 3.8) is 0 Å². The lowest BCUT2D eigenvalue weighted by Crippen LogP contribution is -2.30. The molecule has 0 aromatic carbocycles. The van der Waals surface area contributed by atoms with Crippen molar-refractivity contribution in [2.45, 2.75) is 386 Å². The number of ether oxygens (including phenoxy) is 4. The molecule has 0 aromatic heterocycles. The second-order valence-electron chi connectivity index (χ2n) is 25.3. The molecule has 0 bridgehead atoms. The van der Waals surface area contributed by atoms with E-state index in [1.807, 2.05) is 0 Å². The number of unbranched alkanes of at least 4 members (excludes halogenated alkanes) is 45. The monoisotopic (exact) mass is 1310 g/mol. The molecule has 0 aliphatic carbocycles. The predicted octanol–water partition coefficient (Wildman–Crippen LogP) is 20.3. The van der Waals surface area contributed by atoms with Crippen molar-refractivity contribution >= 4 is 39.5 Å². The number of carbonyl (C=O) groups excluding carboxylic acids is 4. The maximum absolute atomic E-state index is 13.0. The van der Waals surface area contributed by atoms with Crippen molar-refractivity contribution in [2.75, 3.05) is 39.6 Å². The lowest BCUT2D eigenvalue weighted by Gasteiger charge is -2.21. The normalized spacial score (nSPS) is 14.0. The van der Waals surface area contributed by atoms with E-state index in [1.54, 1.807) is 0 Å². The molecule has 0 rings (SSSR count). The number of aliphatic hydroxyl groups excluding tert-OH is 1. The molecular formula is C70H136O17P2. The Morgan fingerprint density at radius 1 is 0.270 bits per heavy atom. The molecule has 89 heavy (non-hydrogen) atoms. The number of esters is 4. The van der Waals surface area contributed by atoms with E-state index in [9.17, 15) is 43.2 Å². The van der Waals surface area contributed by atoms with Gasteiger partial charge in [-0.25, -0.2) is 9.13 Å². The van der Waals surface area contributed by atoms with Gasteiger partial charge in [0.15, 0.2) is 12.2 Å². The number of hydrogen-bond acceptors (Lipinski definition) is 15. The van der Waals surface area contributed by atoms with Crippen LogP contribution in [0.5, 0.6) is 0 Å². The first-order valence-corrected chi connectivity index (χ1v) is 39.8. The quantitative estimate of drug-likeness (QED) is 0.0222. The lowest BCUT2D eigenvalue weighted by molar-refractivity contribution is -0.161. The Hall–Kier alpha value is -1.94. The first-order chi connectivity index (χ1) is 43.2. The third kappa shape index (κ3) is 64.6. The van der Waals surface area contributed by atoms with Gasteiger partial charge < -0.3 is 33.8 Å². The molecule has 0 fully saturated rings. The second kappa shape index (κ2) is 64.8. The van der Waals surface area contributed by atoms with E-state index in [2.05, 4.69) is 27.7 Å². The molecule has 3 N–H and O–H groups in total. The summed E-state index contributed by atoms with van der Waals surface area (Å²) in [5, 5.41) is 10.5.